The minimum Gasteiger partial charge on any atom is -0.494 e. The van der Waals surface area contributed by atoms with Gasteiger partial charge in [-0.2, -0.15) is 0 Å². The van der Waals surface area contributed by atoms with Gasteiger partial charge >= 0.3 is 0 Å². The molecule has 7 N–H and O–H groups in total. The molecule has 2 fully saturated rings. The molecule has 2 aliphatic heterocycles. The number of aliphatic hydroxyl groups excluding tert-OH is 7. The van der Waals surface area contributed by atoms with Crippen LogP contribution in [0.15, 0.2) is 84.9 Å². The number of ether oxygens (including phenoxy) is 5. The van der Waals surface area contributed by atoms with Gasteiger partial charge in [-0.05, 0) is 97.0 Å². The molecule has 12 nitrogen and oxygen atoms in total. The minimum atomic E-state index is -2.25. The first-order valence-corrected chi connectivity index (χ1v) is 19.3. The van der Waals surface area contributed by atoms with Crippen LogP contribution in [0.4, 0.5) is 0 Å². The second-order valence-corrected chi connectivity index (χ2v) is 14.8. The van der Waals surface area contributed by atoms with Crippen molar-refractivity contribution in [3.8, 4) is 11.5 Å². The molecule has 2 heterocycles. The highest BCUT2D eigenvalue weighted by molar-refractivity contribution is 6.31. The molecule has 4 aromatic carbocycles. The monoisotopic (exact) mass is 814 g/mol. The molecule has 2 saturated heterocycles. The van der Waals surface area contributed by atoms with Crippen molar-refractivity contribution in [3.63, 3.8) is 0 Å². The maximum Gasteiger partial charge on any atom is 0.225 e. The summed E-state index contributed by atoms with van der Waals surface area (Å²) in [5.41, 5.74) is 3.88. The third-order valence-corrected chi connectivity index (χ3v) is 10.9. The maximum absolute atomic E-state index is 11.5. The third kappa shape index (κ3) is 9.02. The molecule has 0 amide bonds. The van der Waals surface area contributed by atoms with Crippen molar-refractivity contribution in [1.82, 2.24) is 0 Å². The molecule has 0 aromatic heterocycles. The van der Waals surface area contributed by atoms with Gasteiger partial charge < -0.3 is 59.4 Å². The third-order valence-electron chi connectivity index (χ3n) is 10.2. The van der Waals surface area contributed by atoms with Crippen LogP contribution >= 0.6 is 23.2 Å². The van der Waals surface area contributed by atoms with E-state index >= 15 is 0 Å². The van der Waals surface area contributed by atoms with E-state index in [0.29, 0.717) is 53.0 Å². The molecule has 0 unspecified atom stereocenters. The summed E-state index contributed by atoms with van der Waals surface area (Å²) in [6, 6.07) is 24.8. The summed E-state index contributed by atoms with van der Waals surface area (Å²) in [7, 11) is 0. The first kappa shape index (κ1) is 42.3. The lowest BCUT2D eigenvalue weighted by Gasteiger charge is -2.48. The molecule has 56 heavy (non-hydrogen) atoms. The lowest BCUT2D eigenvalue weighted by molar-refractivity contribution is -0.377. The lowest BCUT2D eigenvalue weighted by Crippen LogP contribution is -2.65. The summed E-state index contributed by atoms with van der Waals surface area (Å²) < 4.78 is 29.4. The van der Waals surface area contributed by atoms with E-state index in [2.05, 4.69) is 0 Å². The van der Waals surface area contributed by atoms with Crippen molar-refractivity contribution in [2.24, 2.45) is 0 Å². The molecule has 302 valence electrons. The number of rotatable bonds is 15. The first-order valence-electron chi connectivity index (χ1n) is 18.6. The summed E-state index contributed by atoms with van der Waals surface area (Å²) in [6.45, 7) is 3.47. The first-order chi connectivity index (χ1) is 26.9. The van der Waals surface area contributed by atoms with Crippen molar-refractivity contribution >= 4 is 23.2 Å². The molecular formula is C42H48Cl2O12. The molecular weight excluding hydrogens is 767 g/mol. The van der Waals surface area contributed by atoms with Crippen molar-refractivity contribution in [2.75, 3.05) is 26.4 Å². The Morgan fingerprint density at radius 3 is 1.80 bits per heavy atom. The highest BCUT2D eigenvalue weighted by Gasteiger charge is 2.56. The predicted molar refractivity (Wildman–Crippen MR) is 207 cm³/mol. The Bertz CT molecular complexity index is 1890. The summed E-state index contributed by atoms with van der Waals surface area (Å²) in [5, 5.41) is 77.8. The van der Waals surface area contributed by atoms with Crippen molar-refractivity contribution in [1.29, 1.82) is 0 Å². The minimum absolute atomic E-state index is 0.166. The van der Waals surface area contributed by atoms with Crippen LogP contribution in [-0.2, 0) is 32.8 Å². The van der Waals surface area contributed by atoms with E-state index in [-0.39, 0.29) is 5.56 Å². The van der Waals surface area contributed by atoms with Gasteiger partial charge in [0.2, 0.25) is 5.79 Å². The predicted octanol–water partition coefficient (Wildman–Crippen LogP) is 3.84. The number of aliphatic hydroxyl groups is 7. The van der Waals surface area contributed by atoms with Crippen LogP contribution in [-0.4, -0.2) is 111 Å². The maximum atomic E-state index is 11.5. The molecule has 0 spiro atoms. The Labute approximate surface area is 335 Å². The van der Waals surface area contributed by atoms with Gasteiger partial charge in [0, 0.05) is 15.6 Å². The van der Waals surface area contributed by atoms with Gasteiger partial charge in [0.15, 0.2) is 0 Å². The second kappa shape index (κ2) is 18.5. The Hall–Kier alpha value is -3.34. The number of benzene rings is 4. The summed E-state index contributed by atoms with van der Waals surface area (Å²) in [5.74, 6) is -0.799. The molecule has 14 heteroatoms. The van der Waals surface area contributed by atoms with Gasteiger partial charge in [0.1, 0.15) is 66.4 Å². The van der Waals surface area contributed by atoms with E-state index < -0.39 is 73.9 Å². The number of hydrogen-bond acceptors (Lipinski definition) is 12. The summed E-state index contributed by atoms with van der Waals surface area (Å²) >= 11 is 13.2. The molecule has 0 radical (unpaired) electrons. The Morgan fingerprint density at radius 1 is 0.696 bits per heavy atom. The summed E-state index contributed by atoms with van der Waals surface area (Å²) in [4.78, 5) is 0. The smallest absolute Gasteiger partial charge is 0.225 e. The molecule has 2 aliphatic rings. The second-order valence-electron chi connectivity index (χ2n) is 14.0. The highest BCUT2D eigenvalue weighted by Crippen LogP contribution is 2.42. The van der Waals surface area contributed by atoms with E-state index in [0.717, 1.165) is 22.4 Å². The van der Waals surface area contributed by atoms with E-state index in [9.17, 15) is 35.7 Å². The van der Waals surface area contributed by atoms with Crippen LogP contribution in [0.25, 0.3) is 0 Å². The average Bonchev–Trinajstić information content (AvgIpc) is 3.50. The van der Waals surface area contributed by atoms with Gasteiger partial charge in [-0.15, -0.1) is 0 Å². The molecule has 4 aromatic rings. The SMILES string of the molecule is CCOc1ccc(Cc2cc([C@@H]3O[C@H]([C@@H](O)CO[C@@]4(c5ccc(Cl)c(Cc6ccc(OCC)cc6)c5)O[C@H](CO)[C@@H](O)[C@H](O)[C@H]4O)[C@H](O)[C@H]3O)ccc2Cl)cc1. The zero-order valence-corrected chi connectivity index (χ0v) is 32.5. The van der Waals surface area contributed by atoms with Gasteiger partial charge in [-0.25, -0.2) is 0 Å². The highest BCUT2D eigenvalue weighted by atomic mass is 35.5. The largest absolute Gasteiger partial charge is 0.494 e. The van der Waals surface area contributed by atoms with Gasteiger partial charge in [-0.3, -0.25) is 0 Å². The van der Waals surface area contributed by atoms with E-state index in [1.807, 2.05) is 62.4 Å². The molecule has 6 rings (SSSR count). The van der Waals surface area contributed by atoms with Crippen LogP contribution in [0.2, 0.25) is 10.0 Å². The fraction of sp³-hybridized carbons (Fsp3) is 0.429. The van der Waals surface area contributed by atoms with E-state index in [1.54, 1.807) is 30.3 Å². The van der Waals surface area contributed by atoms with E-state index in [4.69, 9.17) is 46.9 Å². The van der Waals surface area contributed by atoms with Crippen molar-refractivity contribution in [3.05, 3.63) is 128 Å². The zero-order valence-electron chi connectivity index (χ0n) is 30.9. The molecule has 10 atom stereocenters. The fourth-order valence-electron chi connectivity index (χ4n) is 7.20. The van der Waals surface area contributed by atoms with Crippen molar-refractivity contribution < 1.29 is 59.4 Å². The van der Waals surface area contributed by atoms with Crippen LogP contribution in [0, 0.1) is 0 Å². The van der Waals surface area contributed by atoms with E-state index in [1.165, 1.54) is 6.07 Å². The standard InChI is InChI=1S/C42H48Cl2O12/c1-3-52-29-11-5-23(6-12-29)17-26-19-25(9-15-31(26)43)39-36(48)37(49)40(55-39)33(46)22-54-42(41(51)38(50)35(47)34(21-45)56-42)28-10-16-32(44)27(20-28)18-24-7-13-30(14-8-24)53-4-2/h5-16,19-20,33-41,45-51H,3-4,17-18,21-22H2,1-2H3/t33-,34+,35+,36+,37+,38-,39-,40+,41+,42-/m0/s1. The Morgan fingerprint density at radius 2 is 1.25 bits per heavy atom. The van der Waals surface area contributed by atoms with Crippen LogP contribution in [0.1, 0.15) is 53.3 Å². The fourth-order valence-corrected chi connectivity index (χ4v) is 7.57. The Balaban J connectivity index is 1.22. The van der Waals surface area contributed by atoms with Crippen LogP contribution in [0.3, 0.4) is 0 Å². The Kier molecular flexibility index (Phi) is 14.0. The normalized spacial score (nSPS) is 28.3. The lowest BCUT2D eigenvalue weighted by atomic mass is 9.86. The summed E-state index contributed by atoms with van der Waals surface area (Å²) in [6.07, 6.45) is -13.1. The zero-order chi connectivity index (χ0) is 40.1. The molecule has 0 saturated carbocycles. The topological polar surface area (TPSA) is 188 Å². The number of halogens is 2. The molecule has 0 bridgehead atoms. The quantitative estimate of drug-likeness (QED) is 0.0921. The van der Waals surface area contributed by atoms with Crippen LogP contribution < -0.4 is 9.47 Å². The average molecular weight is 816 g/mol. The van der Waals surface area contributed by atoms with Gasteiger partial charge in [0.05, 0.1) is 26.4 Å². The molecule has 0 aliphatic carbocycles. The van der Waals surface area contributed by atoms with Crippen molar-refractivity contribution in [2.45, 2.75) is 87.4 Å². The number of hydrogen-bond donors (Lipinski definition) is 7. The van der Waals surface area contributed by atoms with Gasteiger partial charge in [0.25, 0.3) is 0 Å². The van der Waals surface area contributed by atoms with Gasteiger partial charge in [-0.1, -0.05) is 65.7 Å². The van der Waals surface area contributed by atoms with Crippen LogP contribution in [0.5, 0.6) is 11.5 Å².